The second-order valence-electron chi connectivity index (χ2n) is 12.3. The number of halogens is 2. The van der Waals surface area contributed by atoms with Crippen molar-refractivity contribution in [2.45, 2.75) is 46.0 Å². The van der Waals surface area contributed by atoms with E-state index in [4.69, 9.17) is 4.74 Å². The smallest absolute Gasteiger partial charge is 0.407 e. The summed E-state index contributed by atoms with van der Waals surface area (Å²) < 4.78 is 37.3. The lowest BCUT2D eigenvalue weighted by Crippen LogP contribution is -2.34. The number of hydrogen-bond acceptors (Lipinski definition) is 8. The number of nitrogens with one attached hydrogen (secondary N) is 2. The van der Waals surface area contributed by atoms with Crippen molar-refractivity contribution in [2.75, 3.05) is 18.4 Å². The van der Waals surface area contributed by atoms with E-state index >= 15 is 4.39 Å². The molecule has 2 N–H and O–H groups in total. The van der Waals surface area contributed by atoms with E-state index in [0.717, 1.165) is 30.4 Å². The number of benzene rings is 2. The minimum atomic E-state index is -0.571. The largest absolute Gasteiger partial charge is 0.445 e. The maximum Gasteiger partial charge on any atom is 0.407 e. The van der Waals surface area contributed by atoms with Crippen LogP contribution in [0.25, 0.3) is 22.2 Å². The molecule has 12 heteroatoms. The minimum absolute atomic E-state index is 0.0607. The highest BCUT2D eigenvalue weighted by atomic mass is 19.1. The molecule has 7 rings (SSSR count). The summed E-state index contributed by atoms with van der Waals surface area (Å²) in [6.45, 7) is 8.52. The van der Waals surface area contributed by atoms with Crippen molar-refractivity contribution >= 4 is 28.9 Å². The van der Waals surface area contributed by atoms with Crippen LogP contribution in [-0.4, -0.2) is 54.6 Å². The number of anilines is 2. The maximum atomic E-state index is 15.1. The SMILES string of the molecule is Cc1nc2c(F)cc(-c3cc(Nc4ncc(CN5C[C@@H]6[C@H](C5)[C@H]6NC(=O)OCc5ccccc5)cn4)ncc3F)cc2n1C(C)C. The third-order valence-electron chi connectivity index (χ3n) is 8.73. The number of piperidine rings is 1. The van der Waals surface area contributed by atoms with Gasteiger partial charge in [-0.3, -0.25) is 4.90 Å². The van der Waals surface area contributed by atoms with Crippen molar-refractivity contribution in [1.82, 2.24) is 34.7 Å². The summed E-state index contributed by atoms with van der Waals surface area (Å²) in [7, 11) is 0. The number of pyridine rings is 1. The van der Waals surface area contributed by atoms with Crippen LogP contribution < -0.4 is 10.6 Å². The van der Waals surface area contributed by atoms with Gasteiger partial charge in [-0.1, -0.05) is 30.3 Å². The molecule has 2 aliphatic rings. The van der Waals surface area contributed by atoms with Crippen LogP contribution in [0.2, 0.25) is 0 Å². The molecule has 1 saturated heterocycles. The topological polar surface area (TPSA) is 110 Å². The zero-order valence-electron chi connectivity index (χ0n) is 25.7. The molecule has 0 radical (unpaired) electrons. The molecule has 1 aliphatic heterocycles. The van der Waals surface area contributed by atoms with Gasteiger partial charge in [0, 0.05) is 55.2 Å². The van der Waals surface area contributed by atoms with Gasteiger partial charge < -0.3 is 19.9 Å². The molecule has 0 unspecified atom stereocenters. The van der Waals surface area contributed by atoms with Crippen molar-refractivity contribution in [3.63, 3.8) is 0 Å². The van der Waals surface area contributed by atoms with Crippen LogP contribution in [0.3, 0.4) is 0 Å². The third-order valence-corrected chi connectivity index (χ3v) is 8.73. The molecule has 1 saturated carbocycles. The Labute approximate surface area is 264 Å². The first kappa shape index (κ1) is 29.7. The summed E-state index contributed by atoms with van der Waals surface area (Å²) >= 11 is 0. The molecule has 2 fully saturated rings. The van der Waals surface area contributed by atoms with E-state index in [2.05, 4.69) is 35.5 Å². The Morgan fingerprint density at radius 1 is 0.978 bits per heavy atom. The Hall–Kier alpha value is -4.97. The van der Waals surface area contributed by atoms with Gasteiger partial charge in [0.25, 0.3) is 0 Å². The number of hydrogen-bond donors (Lipinski definition) is 2. The van der Waals surface area contributed by atoms with E-state index < -0.39 is 11.6 Å². The number of alkyl carbamates (subject to hydrolysis) is 1. The fourth-order valence-corrected chi connectivity index (χ4v) is 6.54. The molecule has 46 heavy (non-hydrogen) atoms. The number of rotatable bonds is 9. The van der Waals surface area contributed by atoms with Gasteiger partial charge in [0.05, 0.1) is 11.7 Å². The van der Waals surface area contributed by atoms with E-state index in [-0.39, 0.29) is 35.9 Å². The lowest BCUT2D eigenvalue weighted by Gasteiger charge is -2.19. The second kappa shape index (κ2) is 12.1. The van der Waals surface area contributed by atoms with Gasteiger partial charge in [-0.2, -0.15) is 0 Å². The molecule has 236 valence electrons. The highest BCUT2D eigenvalue weighted by Crippen LogP contribution is 2.46. The molecule has 0 bridgehead atoms. The molecular formula is C34H34F2N8O2. The number of carbonyl (C=O) groups is 1. The van der Waals surface area contributed by atoms with Crippen molar-refractivity contribution in [3.8, 4) is 11.1 Å². The predicted octanol–water partition coefficient (Wildman–Crippen LogP) is 6.16. The Morgan fingerprint density at radius 2 is 1.72 bits per heavy atom. The molecule has 3 atom stereocenters. The predicted molar refractivity (Wildman–Crippen MR) is 169 cm³/mol. The van der Waals surface area contributed by atoms with Crippen LogP contribution in [0.1, 0.15) is 36.8 Å². The quantitative estimate of drug-likeness (QED) is 0.201. The number of aryl methyl sites for hydroxylation is 1. The van der Waals surface area contributed by atoms with Gasteiger partial charge in [0.1, 0.15) is 29.6 Å². The van der Waals surface area contributed by atoms with E-state index in [1.807, 2.05) is 55.7 Å². The summed E-state index contributed by atoms with van der Waals surface area (Å²) in [6, 6.07) is 14.4. The summed E-state index contributed by atoms with van der Waals surface area (Å²) in [5, 5.41) is 6.03. The molecule has 4 heterocycles. The van der Waals surface area contributed by atoms with Crippen LogP contribution in [0.4, 0.5) is 25.3 Å². The number of aromatic nitrogens is 5. The first-order valence-electron chi connectivity index (χ1n) is 15.3. The Bertz CT molecular complexity index is 1890. The molecule has 5 aromatic rings. The van der Waals surface area contributed by atoms with Gasteiger partial charge >= 0.3 is 6.09 Å². The van der Waals surface area contributed by atoms with Crippen LogP contribution >= 0.6 is 0 Å². The Balaban J connectivity index is 0.946. The zero-order chi connectivity index (χ0) is 31.9. The highest BCUT2D eigenvalue weighted by Gasteiger charge is 2.56. The second-order valence-corrected chi connectivity index (χ2v) is 12.3. The monoisotopic (exact) mass is 624 g/mol. The van der Waals surface area contributed by atoms with Gasteiger partial charge in [-0.25, -0.2) is 33.5 Å². The molecule has 2 aromatic carbocycles. The number of ether oxygens (including phenoxy) is 1. The summed E-state index contributed by atoms with van der Waals surface area (Å²) in [5.74, 6) is 1.08. The van der Waals surface area contributed by atoms with Gasteiger partial charge in [0.2, 0.25) is 5.95 Å². The van der Waals surface area contributed by atoms with E-state index in [9.17, 15) is 9.18 Å². The number of carbonyl (C=O) groups excluding carboxylic acids is 1. The summed E-state index contributed by atoms with van der Waals surface area (Å²) in [5.41, 5.74) is 3.36. The Morgan fingerprint density at radius 3 is 2.43 bits per heavy atom. The molecular weight excluding hydrogens is 590 g/mol. The fourth-order valence-electron chi connectivity index (χ4n) is 6.54. The van der Waals surface area contributed by atoms with E-state index in [1.165, 1.54) is 12.1 Å². The van der Waals surface area contributed by atoms with E-state index in [0.29, 0.717) is 47.1 Å². The van der Waals surface area contributed by atoms with Crippen molar-refractivity contribution in [3.05, 3.63) is 95.7 Å². The molecule has 10 nitrogen and oxygen atoms in total. The fraction of sp³-hybridized carbons (Fsp3) is 0.324. The highest BCUT2D eigenvalue weighted by molar-refractivity contribution is 5.84. The average Bonchev–Trinajstić information content (AvgIpc) is 3.33. The van der Waals surface area contributed by atoms with Crippen LogP contribution in [0.5, 0.6) is 0 Å². The molecule has 3 aromatic heterocycles. The molecule has 1 aliphatic carbocycles. The van der Waals surface area contributed by atoms with E-state index in [1.54, 1.807) is 18.5 Å². The van der Waals surface area contributed by atoms with Crippen LogP contribution in [0, 0.1) is 30.4 Å². The average molecular weight is 625 g/mol. The van der Waals surface area contributed by atoms with Crippen LogP contribution in [-0.2, 0) is 17.9 Å². The number of likely N-dealkylation sites (tertiary alicyclic amines) is 1. The number of amides is 1. The first-order valence-corrected chi connectivity index (χ1v) is 15.3. The van der Waals surface area contributed by atoms with Gasteiger partial charge in [0.15, 0.2) is 5.82 Å². The lowest BCUT2D eigenvalue weighted by molar-refractivity contribution is 0.136. The number of fused-ring (bicyclic) bond motifs is 2. The normalized spacial score (nSPS) is 19.0. The molecule has 1 amide bonds. The van der Waals surface area contributed by atoms with Crippen molar-refractivity contribution < 1.29 is 18.3 Å². The Kier molecular flexibility index (Phi) is 7.81. The maximum absolute atomic E-state index is 15.1. The zero-order valence-corrected chi connectivity index (χ0v) is 25.7. The first-order chi connectivity index (χ1) is 22.2. The number of nitrogens with zero attached hydrogens (tertiary/aromatic N) is 6. The third kappa shape index (κ3) is 6.00. The van der Waals surface area contributed by atoms with Crippen molar-refractivity contribution in [1.29, 1.82) is 0 Å². The minimum Gasteiger partial charge on any atom is -0.445 e. The summed E-state index contributed by atoms with van der Waals surface area (Å²) in [4.78, 5) is 31.9. The summed E-state index contributed by atoms with van der Waals surface area (Å²) in [6.07, 6.45) is 4.22. The standard InChI is InChI=1S/C34H34F2N8O2/c1-19(2)44-20(3)40-32-27(35)9-23(10-29(32)44)24-11-30(37-14-28(24)36)41-33-38-12-22(13-39-33)15-43-16-25-26(17-43)31(25)42-34(45)46-18-21-7-5-4-6-8-21/h4-14,19,25-26,31H,15-18H2,1-3H3,(H,42,45)(H,37,38,39,41)/t25-,26+,31+. The molecule has 0 spiro atoms. The van der Waals surface area contributed by atoms with Gasteiger partial charge in [-0.15, -0.1) is 0 Å². The number of imidazole rings is 1. The van der Waals surface area contributed by atoms with Gasteiger partial charge in [-0.05, 0) is 61.9 Å². The van der Waals surface area contributed by atoms with Crippen LogP contribution in [0.15, 0.2) is 67.1 Å². The lowest BCUT2D eigenvalue weighted by atomic mass is 10.0. The van der Waals surface area contributed by atoms with Crippen molar-refractivity contribution in [2.24, 2.45) is 11.8 Å².